The summed E-state index contributed by atoms with van der Waals surface area (Å²) in [5.74, 6) is 1.73. The highest BCUT2D eigenvalue weighted by atomic mass is 15.4. The summed E-state index contributed by atoms with van der Waals surface area (Å²) < 4.78 is 0. The molecule has 0 radical (unpaired) electrons. The van der Waals surface area contributed by atoms with Gasteiger partial charge in [0.25, 0.3) is 0 Å². The third-order valence-electron chi connectivity index (χ3n) is 3.18. The Bertz CT molecular complexity index is 176. The van der Waals surface area contributed by atoms with E-state index in [1.807, 2.05) is 7.05 Å². The Labute approximate surface area is 68.0 Å². The zero-order valence-electron chi connectivity index (χ0n) is 7.06. The first-order chi connectivity index (χ1) is 5.33. The van der Waals surface area contributed by atoms with Crippen molar-refractivity contribution in [2.75, 3.05) is 7.05 Å². The van der Waals surface area contributed by atoms with Gasteiger partial charge in [0.15, 0.2) is 0 Å². The normalized spacial score (nSPS) is 41.9. The Kier molecular flexibility index (Phi) is 1.74. The van der Waals surface area contributed by atoms with E-state index >= 15 is 0 Å². The lowest BCUT2D eigenvalue weighted by Crippen LogP contribution is -2.44. The van der Waals surface area contributed by atoms with Crippen molar-refractivity contribution in [3.05, 3.63) is 12.2 Å². The van der Waals surface area contributed by atoms with E-state index in [1.165, 1.54) is 24.8 Å². The Balaban J connectivity index is 1.98. The summed E-state index contributed by atoms with van der Waals surface area (Å²) in [6, 6.07) is 0.659. The number of nitrogens with one attached hydrogen (secondary N) is 2. The SMILES string of the molecule is C=C1C[C@@H](NNC)C2CC[C@@H]12. The first kappa shape index (κ1) is 7.32. The molecule has 1 unspecified atom stereocenters. The standard InChI is InChI=1S/C9H16N2/c1-6-5-9(11-10-2)8-4-3-7(6)8/h7-11H,1,3-5H2,2H3/t7-,8?,9+/m0/s1. The van der Waals surface area contributed by atoms with Gasteiger partial charge < -0.3 is 0 Å². The van der Waals surface area contributed by atoms with E-state index in [-0.39, 0.29) is 0 Å². The average molecular weight is 152 g/mol. The fourth-order valence-electron chi connectivity index (χ4n) is 2.44. The molecule has 0 aromatic rings. The topological polar surface area (TPSA) is 24.1 Å². The summed E-state index contributed by atoms with van der Waals surface area (Å²) in [7, 11) is 1.94. The molecule has 2 aliphatic rings. The molecule has 2 N–H and O–H groups in total. The van der Waals surface area contributed by atoms with Gasteiger partial charge in [0, 0.05) is 6.04 Å². The molecule has 11 heavy (non-hydrogen) atoms. The van der Waals surface area contributed by atoms with Gasteiger partial charge in [-0.15, -0.1) is 0 Å². The van der Waals surface area contributed by atoms with Crippen LogP contribution >= 0.6 is 0 Å². The molecule has 2 fully saturated rings. The molecule has 0 heterocycles. The van der Waals surface area contributed by atoms with Crippen LogP contribution in [0.25, 0.3) is 0 Å². The van der Waals surface area contributed by atoms with Crippen molar-refractivity contribution in [3.63, 3.8) is 0 Å². The summed E-state index contributed by atoms with van der Waals surface area (Å²) in [5.41, 5.74) is 7.79. The van der Waals surface area contributed by atoms with Crippen molar-refractivity contribution >= 4 is 0 Å². The second-order valence-corrected chi connectivity index (χ2v) is 3.71. The second kappa shape index (κ2) is 2.61. The van der Waals surface area contributed by atoms with Crippen LogP contribution in [0.3, 0.4) is 0 Å². The smallest absolute Gasteiger partial charge is 0.0283 e. The van der Waals surface area contributed by atoms with Gasteiger partial charge in [-0.05, 0) is 38.1 Å². The van der Waals surface area contributed by atoms with Gasteiger partial charge in [-0.2, -0.15) is 0 Å². The summed E-state index contributed by atoms with van der Waals surface area (Å²) in [5, 5.41) is 0. The van der Waals surface area contributed by atoms with E-state index < -0.39 is 0 Å². The molecule has 0 aliphatic heterocycles. The van der Waals surface area contributed by atoms with Gasteiger partial charge in [0.05, 0.1) is 0 Å². The Hall–Kier alpha value is -0.340. The number of hydrogen-bond acceptors (Lipinski definition) is 2. The number of fused-ring (bicyclic) bond motifs is 1. The predicted molar refractivity (Wildman–Crippen MR) is 46.0 cm³/mol. The zero-order chi connectivity index (χ0) is 7.84. The van der Waals surface area contributed by atoms with Gasteiger partial charge >= 0.3 is 0 Å². The third-order valence-corrected chi connectivity index (χ3v) is 3.18. The van der Waals surface area contributed by atoms with Crippen molar-refractivity contribution in [1.29, 1.82) is 0 Å². The van der Waals surface area contributed by atoms with E-state index in [1.54, 1.807) is 0 Å². The predicted octanol–water partition coefficient (Wildman–Crippen LogP) is 1.07. The van der Waals surface area contributed by atoms with E-state index in [2.05, 4.69) is 17.4 Å². The molecule has 0 aromatic carbocycles. The lowest BCUT2D eigenvalue weighted by molar-refractivity contribution is 0.196. The van der Waals surface area contributed by atoms with E-state index in [0.717, 1.165) is 11.8 Å². The van der Waals surface area contributed by atoms with Crippen LogP contribution in [0.2, 0.25) is 0 Å². The number of rotatable bonds is 2. The molecule has 0 saturated heterocycles. The first-order valence-corrected chi connectivity index (χ1v) is 4.43. The summed E-state index contributed by atoms with van der Waals surface area (Å²) in [4.78, 5) is 0. The van der Waals surface area contributed by atoms with Crippen molar-refractivity contribution in [3.8, 4) is 0 Å². The molecule has 0 spiro atoms. The molecule has 0 amide bonds. The number of hydrazine groups is 1. The summed E-state index contributed by atoms with van der Waals surface area (Å²) in [6.07, 6.45) is 3.95. The first-order valence-electron chi connectivity index (χ1n) is 4.43. The molecular formula is C9H16N2. The molecule has 2 nitrogen and oxygen atoms in total. The number of hydrogen-bond donors (Lipinski definition) is 2. The molecule has 0 aromatic heterocycles. The molecule has 3 atom stereocenters. The van der Waals surface area contributed by atoms with Crippen molar-refractivity contribution in [2.45, 2.75) is 25.3 Å². The highest BCUT2D eigenvalue weighted by Gasteiger charge is 2.44. The Morgan fingerprint density at radius 1 is 1.45 bits per heavy atom. The highest BCUT2D eigenvalue weighted by Crippen LogP contribution is 2.49. The summed E-state index contributed by atoms with van der Waals surface area (Å²) >= 11 is 0. The molecule has 2 aliphatic carbocycles. The second-order valence-electron chi connectivity index (χ2n) is 3.71. The van der Waals surface area contributed by atoms with Crippen LogP contribution in [0.4, 0.5) is 0 Å². The molecule has 2 saturated carbocycles. The zero-order valence-corrected chi connectivity index (χ0v) is 7.06. The average Bonchev–Trinajstić information content (AvgIpc) is 2.02. The van der Waals surface area contributed by atoms with E-state index in [4.69, 9.17) is 0 Å². The monoisotopic (exact) mass is 152 g/mol. The minimum Gasteiger partial charge on any atom is -0.261 e. The minimum atomic E-state index is 0.659. The van der Waals surface area contributed by atoms with Gasteiger partial charge in [-0.3, -0.25) is 10.9 Å². The lowest BCUT2D eigenvalue weighted by atomic mass is 9.74. The minimum absolute atomic E-state index is 0.659. The molecule has 2 heteroatoms. The van der Waals surface area contributed by atoms with Crippen molar-refractivity contribution in [1.82, 2.24) is 10.9 Å². The van der Waals surface area contributed by atoms with Crippen LogP contribution in [-0.4, -0.2) is 13.1 Å². The van der Waals surface area contributed by atoms with Crippen molar-refractivity contribution < 1.29 is 0 Å². The quantitative estimate of drug-likeness (QED) is 0.457. The maximum Gasteiger partial charge on any atom is 0.0283 e. The van der Waals surface area contributed by atoms with Crippen LogP contribution in [0.1, 0.15) is 19.3 Å². The van der Waals surface area contributed by atoms with Crippen LogP contribution in [0, 0.1) is 11.8 Å². The van der Waals surface area contributed by atoms with Gasteiger partial charge in [0.1, 0.15) is 0 Å². The van der Waals surface area contributed by atoms with Crippen LogP contribution < -0.4 is 10.9 Å². The lowest BCUT2D eigenvalue weighted by Gasteiger charge is -2.34. The molecule has 0 bridgehead atoms. The van der Waals surface area contributed by atoms with Crippen LogP contribution in [0.15, 0.2) is 12.2 Å². The van der Waals surface area contributed by atoms with Gasteiger partial charge in [-0.25, -0.2) is 0 Å². The largest absolute Gasteiger partial charge is 0.261 e. The van der Waals surface area contributed by atoms with Crippen molar-refractivity contribution in [2.24, 2.45) is 11.8 Å². The van der Waals surface area contributed by atoms with Gasteiger partial charge in [0.2, 0.25) is 0 Å². The molecule has 62 valence electrons. The summed E-state index contributed by atoms with van der Waals surface area (Å²) in [6.45, 7) is 4.10. The van der Waals surface area contributed by atoms with Gasteiger partial charge in [-0.1, -0.05) is 12.2 Å². The fourth-order valence-corrected chi connectivity index (χ4v) is 2.44. The molecule has 2 rings (SSSR count). The molecular weight excluding hydrogens is 136 g/mol. The Morgan fingerprint density at radius 2 is 2.27 bits per heavy atom. The maximum atomic E-state index is 4.10. The Morgan fingerprint density at radius 3 is 2.73 bits per heavy atom. The van der Waals surface area contributed by atoms with Crippen LogP contribution in [-0.2, 0) is 0 Å². The maximum absolute atomic E-state index is 4.10. The fraction of sp³-hybridized carbons (Fsp3) is 0.778. The highest BCUT2D eigenvalue weighted by molar-refractivity contribution is 5.18. The third kappa shape index (κ3) is 1.01. The van der Waals surface area contributed by atoms with Crippen LogP contribution in [0.5, 0.6) is 0 Å². The van der Waals surface area contributed by atoms with E-state index in [9.17, 15) is 0 Å². The van der Waals surface area contributed by atoms with E-state index in [0.29, 0.717) is 6.04 Å².